The Morgan fingerprint density at radius 1 is 1.02 bits per heavy atom. The maximum absolute atomic E-state index is 15.3. The predicted molar refractivity (Wildman–Crippen MR) is 155 cm³/mol. The maximum Gasteiger partial charge on any atom is 0.267 e. The monoisotopic (exact) mass is 571 g/mol. The van der Waals surface area contributed by atoms with Gasteiger partial charge in [-0.25, -0.2) is 8.78 Å². The van der Waals surface area contributed by atoms with Gasteiger partial charge < -0.3 is 19.7 Å². The number of nitrogens with one attached hydrogen (secondary N) is 2. The first-order valence-electron chi connectivity index (χ1n) is 13.4. The van der Waals surface area contributed by atoms with Crippen LogP contribution < -0.4 is 20.5 Å². The highest BCUT2D eigenvalue weighted by molar-refractivity contribution is 6.04. The van der Waals surface area contributed by atoms with E-state index in [2.05, 4.69) is 20.4 Å². The number of aromatic amines is 1. The summed E-state index contributed by atoms with van der Waals surface area (Å²) in [6.45, 7) is 5.27. The number of aromatic nitrogens is 3. The average Bonchev–Trinajstić information content (AvgIpc) is 3.42. The third-order valence-electron chi connectivity index (χ3n) is 6.99. The second-order valence-corrected chi connectivity index (χ2v) is 10.2. The number of benzene rings is 3. The van der Waals surface area contributed by atoms with Gasteiger partial charge in [-0.3, -0.25) is 19.3 Å². The second kappa shape index (κ2) is 11.1. The number of halogens is 2. The van der Waals surface area contributed by atoms with Gasteiger partial charge in [-0.2, -0.15) is 5.10 Å². The second-order valence-electron chi connectivity index (χ2n) is 10.2. The lowest BCUT2D eigenvalue weighted by Gasteiger charge is -2.37. The van der Waals surface area contributed by atoms with E-state index in [1.54, 1.807) is 12.3 Å². The highest BCUT2D eigenvalue weighted by Crippen LogP contribution is 2.38. The summed E-state index contributed by atoms with van der Waals surface area (Å²) in [4.78, 5) is 28.1. The smallest absolute Gasteiger partial charge is 0.267 e. The van der Waals surface area contributed by atoms with Crippen molar-refractivity contribution in [2.24, 2.45) is 0 Å². The molecule has 0 radical (unpaired) electrons. The molecule has 11 heteroatoms. The third kappa shape index (κ3) is 5.46. The van der Waals surface area contributed by atoms with E-state index in [0.29, 0.717) is 24.5 Å². The molecule has 2 N–H and O–H groups in total. The molecule has 1 fully saturated rings. The molecule has 3 heterocycles. The minimum Gasteiger partial charge on any atom is -0.452 e. The summed E-state index contributed by atoms with van der Waals surface area (Å²) in [6.07, 6.45) is 3.15. The molecule has 214 valence electrons. The van der Waals surface area contributed by atoms with Crippen LogP contribution in [0.25, 0.3) is 16.6 Å². The first kappa shape index (κ1) is 27.2. The number of pyridine rings is 1. The first-order chi connectivity index (χ1) is 20.2. The fourth-order valence-corrected chi connectivity index (χ4v) is 5.11. The Labute approximate surface area is 239 Å². The molecular formula is C31H27F2N5O4. The molecule has 2 aromatic heterocycles. The molecule has 1 aliphatic rings. The van der Waals surface area contributed by atoms with Gasteiger partial charge in [0.15, 0.2) is 17.3 Å². The Morgan fingerprint density at radius 3 is 2.52 bits per heavy atom. The number of ether oxygens (including phenoxy) is 2. The number of rotatable bonds is 6. The first-order valence-corrected chi connectivity index (χ1v) is 13.4. The van der Waals surface area contributed by atoms with E-state index in [4.69, 9.17) is 9.47 Å². The highest BCUT2D eigenvalue weighted by Gasteiger charge is 2.26. The zero-order chi connectivity index (χ0) is 29.4. The van der Waals surface area contributed by atoms with Crippen LogP contribution in [0.4, 0.5) is 20.2 Å². The molecule has 1 aliphatic heterocycles. The lowest BCUT2D eigenvalue weighted by atomic mass is 10.1. The SMILES string of the molecule is CC1CN(c2cc3[nH]ncc3cc2Oc2ccc(NC(=O)c3cccn(-c4ccc(F)cc4)c3=O)cc2F)CC(C)O1. The summed E-state index contributed by atoms with van der Waals surface area (Å²) in [5, 5.41) is 10.4. The zero-order valence-corrected chi connectivity index (χ0v) is 22.8. The van der Waals surface area contributed by atoms with Crippen molar-refractivity contribution in [3.63, 3.8) is 0 Å². The number of fused-ring (bicyclic) bond motifs is 1. The molecule has 0 saturated carbocycles. The maximum atomic E-state index is 15.3. The molecule has 2 atom stereocenters. The molecule has 2 unspecified atom stereocenters. The molecular weight excluding hydrogens is 544 g/mol. The highest BCUT2D eigenvalue weighted by atomic mass is 19.1. The van der Waals surface area contributed by atoms with E-state index >= 15 is 4.39 Å². The van der Waals surface area contributed by atoms with Crippen molar-refractivity contribution in [2.45, 2.75) is 26.1 Å². The molecule has 42 heavy (non-hydrogen) atoms. The van der Waals surface area contributed by atoms with Gasteiger partial charge in [-0.1, -0.05) is 0 Å². The number of morpholine rings is 1. The topological polar surface area (TPSA) is 101 Å². The summed E-state index contributed by atoms with van der Waals surface area (Å²) >= 11 is 0. The van der Waals surface area contributed by atoms with E-state index in [-0.39, 0.29) is 29.2 Å². The molecule has 0 spiro atoms. The number of H-pyrrole nitrogens is 1. The molecule has 0 aliphatic carbocycles. The Kier molecular flexibility index (Phi) is 7.17. The van der Waals surface area contributed by atoms with Gasteiger partial charge in [-0.15, -0.1) is 0 Å². The van der Waals surface area contributed by atoms with Crippen LogP contribution in [0.2, 0.25) is 0 Å². The zero-order valence-electron chi connectivity index (χ0n) is 22.8. The van der Waals surface area contributed by atoms with Crippen molar-refractivity contribution < 1.29 is 23.0 Å². The van der Waals surface area contributed by atoms with E-state index in [0.717, 1.165) is 22.7 Å². The van der Waals surface area contributed by atoms with Gasteiger partial charge in [0, 0.05) is 42.1 Å². The summed E-state index contributed by atoms with van der Waals surface area (Å²) in [5.41, 5.74) is 1.38. The molecule has 5 aromatic rings. The Balaban J connectivity index is 1.24. The van der Waals surface area contributed by atoms with Crippen molar-refractivity contribution in [1.29, 1.82) is 0 Å². The normalized spacial score (nSPS) is 16.9. The molecule has 6 rings (SSSR count). The van der Waals surface area contributed by atoms with E-state index in [1.165, 1.54) is 59.3 Å². The molecule has 3 aromatic carbocycles. The average molecular weight is 572 g/mol. The van der Waals surface area contributed by atoms with Crippen LogP contribution in [0.15, 0.2) is 83.9 Å². The number of carbonyl (C=O) groups excluding carboxylic acids is 1. The van der Waals surface area contributed by atoms with Crippen LogP contribution in [-0.2, 0) is 4.74 Å². The largest absolute Gasteiger partial charge is 0.452 e. The van der Waals surface area contributed by atoms with Crippen LogP contribution in [0.1, 0.15) is 24.2 Å². The fraction of sp³-hybridized carbons (Fsp3) is 0.194. The van der Waals surface area contributed by atoms with Crippen LogP contribution in [-0.4, -0.2) is 46.0 Å². The summed E-state index contributed by atoms with van der Waals surface area (Å²) < 4.78 is 41.8. The molecule has 1 amide bonds. The van der Waals surface area contributed by atoms with Crippen LogP contribution in [0, 0.1) is 11.6 Å². The molecule has 1 saturated heterocycles. The lowest BCUT2D eigenvalue weighted by molar-refractivity contribution is -0.00530. The minimum absolute atomic E-state index is 0.00288. The van der Waals surface area contributed by atoms with Crippen LogP contribution >= 0.6 is 0 Å². The van der Waals surface area contributed by atoms with Gasteiger partial charge in [0.25, 0.3) is 11.5 Å². The van der Waals surface area contributed by atoms with Crippen molar-refractivity contribution >= 4 is 28.2 Å². The fourth-order valence-electron chi connectivity index (χ4n) is 5.11. The van der Waals surface area contributed by atoms with Crippen molar-refractivity contribution in [3.05, 3.63) is 107 Å². The van der Waals surface area contributed by atoms with Crippen LogP contribution in [0.5, 0.6) is 11.5 Å². The number of hydrogen-bond donors (Lipinski definition) is 2. The Bertz CT molecular complexity index is 1830. The number of amides is 1. The number of hydrogen-bond acceptors (Lipinski definition) is 6. The number of nitrogens with zero attached hydrogens (tertiary/aromatic N) is 3. The Morgan fingerprint density at radius 2 is 1.79 bits per heavy atom. The van der Waals surface area contributed by atoms with Crippen molar-refractivity contribution in [2.75, 3.05) is 23.3 Å². The summed E-state index contributed by atoms with van der Waals surface area (Å²) in [7, 11) is 0. The van der Waals surface area contributed by atoms with E-state index < -0.39 is 23.1 Å². The molecule has 9 nitrogen and oxygen atoms in total. The van der Waals surface area contributed by atoms with Gasteiger partial charge in [-0.05, 0) is 74.5 Å². The standard InChI is InChI=1S/C31H27F2N5O4/c1-18-16-37(17-19(2)41-18)27-14-26-20(15-34-36-26)12-29(27)42-28-10-7-22(13-25(28)33)35-30(39)24-4-3-11-38(31(24)40)23-8-5-21(32)6-9-23/h3-15,18-19H,16-17H2,1-2H3,(H,34,36)(H,35,39). The van der Waals surface area contributed by atoms with Gasteiger partial charge in [0.2, 0.25) is 0 Å². The van der Waals surface area contributed by atoms with Crippen molar-refractivity contribution in [1.82, 2.24) is 14.8 Å². The van der Waals surface area contributed by atoms with E-state index in [9.17, 15) is 14.0 Å². The summed E-state index contributed by atoms with van der Waals surface area (Å²) in [5.74, 6) is -1.45. The quantitative estimate of drug-likeness (QED) is 0.273. The van der Waals surface area contributed by atoms with Crippen LogP contribution in [0.3, 0.4) is 0 Å². The summed E-state index contributed by atoms with van der Waals surface area (Å²) in [6, 6.07) is 16.0. The number of carbonyl (C=O) groups is 1. The third-order valence-corrected chi connectivity index (χ3v) is 6.99. The minimum atomic E-state index is -0.715. The van der Waals surface area contributed by atoms with Gasteiger partial charge >= 0.3 is 0 Å². The van der Waals surface area contributed by atoms with Gasteiger partial charge in [0.1, 0.15) is 11.4 Å². The molecule has 0 bridgehead atoms. The van der Waals surface area contributed by atoms with Crippen molar-refractivity contribution in [3.8, 4) is 17.2 Å². The van der Waals surface area contributed by atoms with Gasteiger partial charge in [0.05, 0.1) is 29.6 Å². The Hall–Kier alpha value is -5.03. The predicted octanol–water partition coefficient (Wildman–Crippen LogP) is 5.65. The number of anilines is 2. The van der Waals surface area contributed by atoms with E-state index in [1.807, 2.05) is 19.9 Å². The lowest BCUT2D eigenvalue weighted by Crippen LogP contribution is -2.45.